The summed E-state index contributed by atoms with van der Waals surface area (Å²) in [7, 11) is 0. The van der Waals surface area contributed by atoms with E-state index >= 15 is 0 Å². The summed E-state index contributed by atoms with van der Waals surface area (Å²) in [6, 6.07) is 5.38. The number of carbonyl (C=O) groups excluding carboxylic acids is 1. The molecule has 1 N–H and O–H groups in total. The van der Waals surface area contributed by atoms with Crippen LogP contribution in [0.1, 0.15) is 26.7 Å². The van der Waals surface area contributed by atoms with Crippen molar-refractivity contribution in [3.05, 3.63) is 27.7 Å². The Morgan fingerprint density at radius 1 is 1.50 bits per heavy atom. The Balaban J connectivity index is 2.53. The predicted molar refractivity (Wildman–Crippen MR) is 71.9 cm³/mol. The summed E-state index contributed by atoms with van der Waals surface area (Å²) in [5, 5.41) is 3.42. The molecule has 1 aromatic rings. The minimum absolute atomic E-state index is 0.0343. The van der Waals surface area contributed by atoms with E-state index in [0.29, 0.717) is 17.4 Å². The lowest BCUT2D eigenvalue weighted by Crippen LogP contribution is -2.12. The maximum absolute atomic E-state index is 11.5. The molecule has 0 atom stereocenters. The van der Waals surface area contributed by atoms with E-state index < -0.39 is 0 Å². The fraction of sp³-hybridized carbons (Fsp3) is 0.417. The van der Waals surface area contributed by atoms with E-state index in [1.54, 1.807) is 6.07 Å². The summed E-state index contributed by atoms with van der Waals surface area (Å²) in [4.78, 5) is 11.5. The van der Waals surface area contributed by atoms with Gasteiger partial charge in [-0.05, 0) is 46.5 Å². The van der Waals surface area contributed by atoms with E-state index in [1.165, 1.54) is 0 Å². The Hall–Kier alpha value is -0.540. The van der Waals surface area contributed by atoms with E-state index in [1.807, 2.05) is 12.1 Å². The molecule has 4 heteroatoms. The van der Waals surface area contributed by atoms with E-state index in [9.17, 15) is 4.79 Å². The summed E-state index contributed by atoms with van der Waals surface area (Å²) in [5.74, 6) is 0.575. The predicted octanol–water partition coefficient (Wildman–Crippen LogP) is 4.48. The van der Waals surface area contributed by atoms with Crippen LogP contribution in [0.15, 0.2) is 22.7 Å². The average Bonchev–Trinajstić information content (AvgIpc) is 2.21. The van der Waals surface area contributed by atoms with Crippen molar-refractivity contribution < 1.29 is 4.79 Å². The highest BCUT2D eigenvalue weighted by molar-refractivity contribution is 9.10. The summed E-state index contributed by atoms with van der Waals surface area (Å²) < 4.78 is 0.828. The Morgan fingerprint density at radius 2 is 2.19 bits per heavy atom. The number of hydrogen-bond donors (Lipinski definition) is 1. The van der Waals surface area contributed by atoms with Crippen molar-refractivity contribution in [1.29, 1.82) is 0 Å². The van der Waals surface area contributed by atoms with Crippen LogP contribution in [0, 0.1) is 5.92 Å². The lowest BCUT2D eigenvalue weighted by Gasteiger charge is -2.07. The summed E-state index contributed by atoms with van der Waals surface area (Å²) in [6.07, 6.45) is 1.45. The standard InChI is InChI=1S/C12H15BrClNO/c1-8(2)3-6-12(16)15-9-4-5-10(13)11(14)7-9/h4-5,7-8H,3,6H2,1-2H3,(H,15,16). The van der Waals surface area contributed by atoms with Gasteiger partial charge in [-0.2, -0.15) is 0 Å². The number of benzene rings is 1. The van der Waals surface area contributed by atoms with Crippen molar-refractivity contribution >= 4 is 39.1 Å². The molecule has 1 aromatic carbocycles. The molecule has 2 nitrogen and oxygen atoms in total. The molecule has 0 spiro atoms. The fourth-order valence-corrected chi connectivity index (χ4v) is 1.64. The Kier molecular flexibility index (Phi) is 5.29. The van der Waals surface area contributed by atoms with E-state index in [0.717, 1.165) is 16.6 Å². The zero-order valence-corrected chi connectivity index (χ0v) is 11.7. The molecule has 0 heterocycles. The van der Waals surface area contributed by atoms with Crippen molar-refractivity contribution in [3.63, 3.8) is 0 Å². The van der Waals surface area contributed by atoms with Gasteiger partial charge in [0.1, 0.15) is 0 Å². The van der Waals surface area contributed by atoms with E-state index in [2.05, 4.69) is 35.1 Å². The molecule has 0 aliphatic carbocycles. The van der Waals surface area contributed by atoms with Gasteiger partial charge in [-0.25, -0.2) is 0 Å². The number of rotatable bonds is 4. The Morgan fingerprint density at radius 3 is 2.75 bits per heavy atom. The van der Waals surface area contributed by atoms with Crippen molar-refractivity contribution in [1.82, 2.24) is 0 Å². The highest BCUT2D eigenvalue weighted by atomic mass is 79.9. The zero-order chi connectivity index (χ0) is 12.1. The third kappa shape index (κ3) is 4.54. The van der Waals surface area contributed by atoms with Crippen molar-refractivity contribution in [3.8, 4) is 0 Å². The van der Waals surface area contributed by atoms with Gasteiger partial charge >= 0.3 is 0 Å². The Labute approximate surface area is 110 Å². The second kappa shape index (κ2) is 6.26. The summed E-state index contributed by atoms with van der Waals surface area (Å²) in [5.41, 5.74) is 0.738. The lowest BCUT2D eigenvalue weighted by molar-refractivity contribution is -0.116. The van der Waals surface area contributed by atoms with Crippen LogP contribution in [-0.2, 0) is 4.79 Å². The molecule has 0 aromatic heterocycles. The molecule has 0 radical (unpaired) electrons. The van der Waals surface area contributed by atoms with Crippen LogP contribution in [0.2, 0.25) is 5.02 Å². The van der Waals surface area contributed by atoms with E-state index in [-0.39, 0.29) is 5.91 Å². The second-order valence-corrected chi connectivity index (χ2v) is 5.37. The van der Waals surface area contributed by atoms with Gasteiger partial charge in [-0.15, -0.1) is 0 Å². The number of hydrogen-bond acceptors (Lipinski definition) is 1. The van der Waals surface area contributed by atoms with Crippen LogP contribution in [0.4, 0.5) is 5.69 Å². The van der Waals surface area contributed by atoms with Gasteiger partial charge in [0.05, 0.1) is 5.02 Å². The van der Waals surface area contributed by atoms with Crippen molar-refractivity contribution in [2.75, 3.05) is 5.32 Å². The number of nitrogens with one attached hydrogen (secondary N) is 1. The second-order valence-electron chi connectivity index (χ2n) is 4.11. The van der Waals surface area contributed by atoms with Gasteiger partial charge in [0.25, 0.3) is 0 Å². The number of anilines is 1. The first-order chi connectivity index (χ1) is 7.49. The average molecular weight is 305 g/mol. The van der Waals surface area contributed by atoms with Crippen LogP contribution < -0.4 is 5.32 Å². The molecule has 0 aliphatic heterocycles. The smallest absolute Gasteiger partial charge is 0.224 e. The van der Waals surface area contributed by atoms with Crippen molar-refractivity contribution in [2.24, 2.45) is 5.92 Å². The first-order valence-electron chi connectivity index (χ1n) is 5.24. The third-order valence-corrected chi connectivity index (χ3v) is 3.38. The minimum Gasteiger partial charge on any atom is -0.326 e. The van der Waals surface area contributed by atoms with Crippen LogP contribution in [0.5, 0.6) is 0 Å². The molecule has 1 rings (SSSR count). The molecule has 0 bridgehead atoms. The largest absolute Gasteiger partial charge is 0.326 e. The normalized spacial score (nSPS) is 10.6. The number of halogens is 2. The zero-order valence-electron chi connectivity index (χ0n) is 9.39. The van der Waals surface area contributed by atoms with Crippen LogP contribution in [0.3, 0.4) is 0 Å². The molecule has 16 heavy (non-hydrogen) atoms. The molecular formula is C12H15BrClNO. The number of amides is 1. The summed E-state index contributed by atoms with van der Waals surface area (Å²) in [6.45, 7) is 4.20. The van der Waals surface area contributed by atoms with Gasteiger partial charge in [0, 0.05) is 16.6 Å². The quantitative estimate of drug-likeness (QED) is 0.873. The van der Waals surface area contributed by atoms with Gasteiger partial charge in [-0.1, -0.05) is 25.4 Å². The van der Waals surface area contributed by atoms with Crippen LogP contribution in [-0.4, -0.2) is 5.91 Å². The summed E-state index contributed by atoms with van der Waals surface area (Å²) >= 11 is 9.23. The highest BCUT2D eigenvalue weighted by Crippen LogP contribution is 2.25. The number of carbonyl (C=O) groups is 1. The van der Waals surface area contributed by atoms with Crippen LogP contribution >= 0.6 is 27.5 Å². The Bertz CT molecular complexity index is 379. The monoisotopic (exact) mass is 303 g/mol. The maximum atomic E-state index is 11.5. The van der Waals surface area contributed by atoms with Gasteiger partial charge in [0.2, 0.25) is 5.91 Å². The molecule has 0 aliphatic rings. The molecule has 1 amide bonds. The SMILES string of the molecule is CC(C)CCC(=O)Nc1ccc(Br)c(Cl)c1. The third-order valence-electron chi connectivity index (χ3n) is 2.15. The van der Waals surface area contributed by atoms with Gasteiger partial charge in [0.15, 0.2) is 0 Å². The maximum Gasteiger partial charge on any atom is 0.224 e. The topological polar surface area (TPSA) is 29.1 Å². The molecule has 0 unspecified atom stereocenters. The molecule has 0 fully saturated rings. The van der Waals surface area contributed by atoms with Crippen LogP contribution in [0.25, 0.3) is 0 Å². The van der Waals surface area contributed by atoms with E-state index in [4.69, 9.17) is 11.6 Å². The fourth-order valence-electron chi connectivity index (χ4n) is 1.22. The lowest BCUT2D eigenvalue weighted by atomic mass is 10.1. The highest BCUT2D eigenvalue weighted by Gasteiger charge is 2.05. The molecule has 0 saturated carbocycles. The molecular weight excluding hydrogens is 289 g/mol. The first kappa shape index (κ1) is 13.5. The van der Waals surface area contributed by atoms with Gasteiger partial charge < -0.3 is 5.32 Å². The molecule has 0 saturated heterocycles. The van der Waals surface area contributed by atoms with Crippen molar-refractivity contribution in [2.45, 2.75) is 26.7 Å². The minimum atomic E-state index is 0.0343. The first-order valence-corrected chi connectivity index (χ1v) is 6.41. The van der Waals surface area contributed by atoms with Gasteiger partial charge in [-0.3, -0.25) is 4.79 Å². The molecule has 88 valence electrons.